The Kier molecular flexibility index (Phi) is 4.41. The molecule has 2 aromatic rings. The number of pyridine rings is 1. The van der Waals surface area contributed by atoms with Crippen LogP contribution in [0, 0.1) is 5.82 Å². The zero-order chi connectivity index (χ0) is 16.2. The van der Waals surface area contributed by atoms with Crippen molar-refractivity contribution in [1.29, 1.82) is 0 Å². The van der Waals surface area contributed by atoms with E-state index in [0.717, 1.165) is 5.69 Å². The summed E-state index contributed by atoms with van der Waals surface area (Å²) in [4.78, 5) is 15.7. The molecule has 1 aliphatic rings. The molecule has 120 valence electrons. The molecule has 0 spiro atoms. The zero-order valence-corrected chi connectivity index (χ0v) is 12.7. The van der Waals surface area contributed by atoms with Gasteiger partial charge in [-0.15, -0.1) is 0 Å². The number of benzene rings is 1. The Hall–Kier alpha value is -2.63. The number of esters is 1. The van der Waals surface area contributed by atoms with E-state index in [1.807, 2.05) is 13.0 Å². The summed E-state index contributed by atoms with van der Waals surface area (Å²) < 4.78 is 24.6. The van der Waals surface area contributed by atoms with Crippen LogP contribution in [0.15, 0.2) is 42.6 Å². The van der Waals surface area contributed by atoms with Crippen LogP contribution in [0.4, 0.5) is 10.1 Å². The Bertz CT molecular complexity index is 693. The minimum absolute atomic E-state index is 0.120. The Labute approximate surface area is 133 Å². The van der Waals surface area contributed by atoms with E-state index in [2.05, 4.69) is 10.3 Å². The quantitative estimate of drug-likeness (QED) is 0.860. The van der Waals surface area contributed by atoms with Crippen LogP contribution in [-0.4, -0.2) is 23.1 Å². The van der Waals surface area contributed by atoms with Crippen molar-refractivity contribution < 1.29 is 18.7 Å². The lowest BCUT2D eigenvalue weighted by atomic mass is 10.1. The second kappa shape index (κ2) is 6.64. The number of rotatable bonds is 5. The third kappa shape index (κ3) is 3.77. The molecule has 1 aliphatic heterocycles. The molecular weight excluding hydrogens is 299 g/mol. The largest absolute Gasteiger partial charge is 0.484 e. The van der Waals surface area contributed by atoms with Crippen LogP contribution in [0.1, 0.15) is 19.0 Å². The highest BCUT2D eigenvalue weighted by Gasteiger charge is 2.31. The lowest BCUT2D eigenvalue weighted by molar-refractivity contribution is -0.141. The van der Waals surface area contributed by atoms with Gasteiger partial charge in [0.2, 0.25) is 0 Å². The van der Waals surface area contributed by atoms with Gasteiger partial charge in [0.25, 0.3) is 0 Å². The van der Waals surface area contributed by atoms with Gasteiger partial charge in [0, 0.05) is 24.4 Å². The van der Waals surface area contributed by atoms with Crippen LogP contribution >= 0.6 is 0 Å². The lowest BCUT2D eigenvalue weighted by Crippen LogP contribution is -2.24. The van der Waals surface area contributed by atoms with Gasteiger partial charge in [-0.05, 0) is 31.2 Å². The molecule has 0 radical (unpaired) electrons. The number of aromatic nitrogens is 1. The number of nitrogens with one attached hydrogen (secondary N) is 1. The first-order valence-corrected chi connectivity index (χ1v) is 7.41. The summed E-state index contributed by atoms with van der Waals surface area (Å²) in [5, 5.41) is 2.98. The Morgan fingerprint density at radius 1 is 1.39 bits per heavy atom. The molecule has 2 heterocycles. The van der Waals surface area contributed by atoms with Gasteiger partial charge < -0.3 is 14.8 Å². The van der Waals surface area contributed by atoms with Crippen LogP contribution in [0.3, 0.4) is 0 Å². The predicted molar refractivity (Wildman–Crippen MR) is 82.6 cm³/mol. The average Bonchev–Trinajstić information content (AvgIpc) is 2.85. The average molecular weight is 316 g/mol. The molecular formula is C17H17FN2O3. The van der Waals surface area contributed by atoms with E-state index in [0.29, 0.717) is 12.1 Å². The standard InChI is InChI=1S/C17H17FN2O3/c1-11-8-15(17(21)23-11)20-12-5-6-16(14(18)9-12)22-10-13-4-2-3-7-19-13/h2-7,9,11,15,20H,8,10H2,1H3. The number of halogens is 1. The van der Waals surface area contributed by atoms with Crippen LogP contribution in [0.5, 0.6) is 5.75 Å². The molecule has 1 fully saturated rings. The maximum atomic E-state index is 14.1. The fourth-order valence-corrected chi connectivity index (χ4v) is 2.42. The molecule has 1 aromatic carbocycles. The molecule has 0 amide bonds. The normalized spacial score (nSPS) is 20.2. The summed E-state index contributed by atoms with van der Waals surface area (Å²) in [6.07, 6.45) is 2.10. The fourth-order valence-electron chi connectivity index (χ4n) is 2.42. The summed E-state index contributed by atoms with van der Waals surface area (Å²) in [7, 11) is 0. The van der Waals surface area contributed by atoms with Crippen molar-refractivity contribution in [1.82, 2.24) is 4.98 Å². The molecule has 1 saturated heterocycles. The second-order valence-electron chi connectivity index (χ2n) is 5.44. The van der Waals surface area contributed by atoms with Gasteiger partial charge in [-0.3, -0.25) is 4.98 Å². The van der Waals surface area contributed by atoms with E-state index in [1.165, 1.54) is 12.1 Å². The van der Waals surface area contributed by atoms with Gasteiger partial charge in [-0.1, -0.05) is 6.07 Å². The number of carbonyl (C=O) groups is 1. The van der Waals surface area contributed by atoms with E-state index in [9.17, 15) is 9.18 Å². The van der Waals surface area contributed by atoms with E-state index in [1.54, 1.807) is 24.4 Å². The van der Waals surface area contributed by atoms with E-state index >= 15 is 0 Å². The summed E-state index contributed by atoms with van der Waals surface area (Å²) in [6.45, 7) is 2.02. The van der Waals surface area contributed by atoms with E-state index in [4.69, 9.17) is 9.47 Å². The third-order valence-electron chi connectivity index (χ3n) is 3.54. The fraction of sp³-hybridized carbons (Fsp3) is 0.294. The lowest BCUT2D eigenvalue weighted by Gasteiger charge is -2.12. The Balaban J connectivity index is 1.63. The molecule has 5 nitrogen and oxygen atoms in total. The molecule has 0 bridgehead atoms. The number of hydrogen-bond acceptors (Lipinski definition) is 5. The molecule has 0 aliphatic carbocycles. The molecule has 0 saturated carbocycles. The van der Waals surface area contributed by atoms with E-state index < -0.39 is 11.9 Å². The van der Waals surface area contributed by atoms with Crippen molar-refractivity contribution in [2.24, 2.45) is 0 Å². The summed E-state index contributed by atoms with van der Waals surface area (Å²) in [5.41, 5.74) is 1.24. The van der Waals surface area contributed by atoms with Gasteiger partial charge in [0.1, 0.15) is 18.8 Å². The van der Waals surface area contributed by atoms with Crippen LogP contribution in [0.2, 0.25) is 0 Å². The van der Waals surface area contributed by atoms with E-state index in [-0.39, 0.29) is 24.4 Å². The third-order valence-corrected chi connectivity index (χ3v) is 3.54. The van der Waals surface area contributed by atoms with Gasteiger partial charge in [0.05, 0.1) is 5.69 Å². The summed E-state index contributed by atoms with van der Waals surface area (Å²) in [5.74, 6) is -0.665. The Morgan fingerprint density at radius 3 is 2.91 bits per heavy atom. The number of anilines is 1. The Morgan fingerprint density at radius 2 is 2.26 bits per heavy atom. The van der Waals surface area contributed by atoms with Crippen molar-refractivity contribution >= 4 is 11.7 Å². The molecule has 23 heavy (non-hydrogen) atoms. The predicted octanol–water partition coefficient (Wildman–Crippen LogP) is 2.92. The van der Waals surface area contributed by atoms with Crippen molar-refractivity contribution in [3.05, 3.63) is 54.1 Å². The van der Waals surface area contributed by atoms with Gasteiger partial charge in [-0.25, -0.2) is 9.18 Å². The van der Waals surface area contributed by atoms with Crippen LogP contribution in [-0.2, 0) is 16.1 Å². The summed E-state index contributed by atoms with van der Waals surface area (Å²) in [6, 6.07) is 9.53. The van der Waals surface area contributed by atoms with Crippen LogP contribution < -0.4 is 10.1 Å². The number of hydrogen-bond donors (Lipinski definition) is 1. The summed E-state index contributed by atoms with van der Waals surface area (Å²) >= 11 is 0. The molecule has 1 aromatic heterocycles. The molecule has 2 unspecified atom stereocenters. The van der Waals surface area contributed by atoms with Gasteiger partial charge >= 0.3 is 5.97 Å². The van der Waals surface area contributed by atoms with Crippen molar-refractivity contribution in [3.8, 4) is 5.75 Å². The van der Waals surface area contributed by atoms with Gasteiger partial charge in [0.15, 0.2) is 11.6 Å². The smallest absolute Gasteiger partial charge is 0.328 e. The highest BCUT2D eigenvalue weighted by Crippen LogP contribution is 2.24. The first kappa shape index (κ1) is 15.3. The monoisotopic (exact) mass is 316 g/mol. The first-order valence-electron chi connectivity index (χ1n) is 7.41. The second-order valence-corrected chi connectivity index (χ2v) is 5.44. The number of nitrogens with zero attached hydrogens (tertiary/aromatic N) is 1. The number of cyclic esters (lactones) is 1. The topological polar surface area (TPSA) is 60.5 Å². The maximum Gasteiger partial charge on any atom is 0.328 e. The maximum absolute atomic E-state index is 14.1. The van der Waals surface area contributed by atoms with Crippen molar-refractivity contribution in [2.45, 2.75) is 32.1 Å². The number of ether oxygens (including phenoxy) is 2. The molecule has 3 rings (SSSR count). The minimum atomic E-state index is -0.495. The highest BCUT2D eigenvalue weighted by molar-refractivity contribution is 5.81. The zero-order valence-electron chi connectivity index (χ0n) is 12.7. The first-order chi connectivity index (χ1) is 11.1. The minimum Gasteiger partial charge on any atom is -0.484 e. The molecule has 1 N–H and O–H groups in total. The SMILES string of the molecule is CC1CC(Nc2ccc(OCc3ccccn3)c(F)c2)C(=O)O1. The van der Waals surface area contributed by atoms with Crippen LogP contribution in [0.25, 0.3) is 0 Å². The number of carbonyl (C=O) groups excluding carboxylic acids is 1. The molecule has 6 heteroatoms. The van der Waals surface area contributed by atoms with Crippen molar-refractivity contribution in [3.63, 3.8) is 0 Å². The highest BCUT2D eigenvalue weighted by atomic mass is 19.1. The van der Waals surface area contributed by atoms with Gasteiger partial charge in [-0.2, -0.15) is 0 Å². The molecule has 2 atom stereocenters. The van der Waals surface area contributed by atoms with Crippen molar-refractivity contribution in [2.75, 3.05) is 5.32 Å².